The van der Waals surface area contributed by atoms with E-state index in [0.717, 1.165) is 29.8 Å². The van der Waals surface area contributed by atoms with E-state index in [1.165, 1.54) is 17.7 Å². The minimum atomic E-state index is -0.388. The molecule has 0 spiro atoms. The number of carbonyl (C=O) groups is 1. The molecule has 6 heteroatoms. The molecule has 1 aliphatic heterocycles. The number of halogens is 1. The third kappa shape index (κ3) is 4.72. The highest BCUT2D eigenvalue weighted by atomic mass is 19.1. The first kappa shape index (κ1) is 21.7. The van der Waals surface area contributed by atoms with E-state index in [4.69, 9.17) is 5.73 Å². The van der Waals surface area contributed by atoms with Gasteiger partial charge in [0.25, 0.3) is 5.91 Å². The van der Waals surface area contributed by atoms with Gasteiger partial charge in [-0.15, -0.1) is 0 Å². The van der Waals surface area contributed by atoms with E-state index in [2.05, 4.69) is 27.7 Å². The maximum atomic E-state index is 13.8. The molecule has 4 rings (SSSR count). The average Bonchev–Trinajstić information content (AvgIpc) is 3.08. The fraction of sp³-hybridized carbons (Fsp3) is 0.192. The summed E-state index contributed by atoms with van der Waals surface area (Å²) in [5.41, 5.74) is 12.1. The summed E-state index contributed by atoms with van der Waals surface area (Å²) in [5.74, 6) is -0.650. The van der Waals surface area contributed by atoms with Gasteiger partial charge in [-0.2, -0.15) is 0 Å². The highest BCUT2D eigenvalue weighted by molar-refractivity contribution is 6.37. The van der Waals surface area contributed by atoms with Gasteiger partial charge < -0.3 is 21.3 Å². The van der Waals surface area contributed by atoms with Gasteiger partial charge in [0.05, 0.1) is 17.0 Å². The Balaban J connectivity index is 1.81. The maximum Gasteiger partial charge on any atom is 0.258 e. The van der Waals surface area contributed by atoms with Crippen LogP contribution in [0.3, 0.4) is 0 Å². The molecule has 1 heterocycles. The number of nitrogens with one attached hydrogen (secondary N) is 2. The molecule has 0 saturated carbocycles. The molecule has 3 aromatic rings. The van der Waals surface area contributed by atoms with Gasteiger partial charge in [-0.3, -0.25) is 4.79 Å². The predicted octanol–water partition coefficient (Wildman–Crippen LogP) is 4.32. The molecule has 0 radical (unpaired) electrons. The number of nitrogens with zero attached hydrogens (tertiary/aromatic N) is 1. The van der Waals surface area contributed by atoms with Crippen LogP contribution in [0.2, 0.25) is 0 Å². The molecule has 164 valence electrons. The lowest BCUT2D eigenvalue weighted by Crippen LogP contribution is -2.11. The van der Waals surface area contributed by atoms with E-state index in [1.807, 2.05) is 50.5 Å². The van der Waals surface area contributed by atoms with Crippen LogP contribution in [0.5, 0.6) is 0 Å². The molecule has 0 unspecified atom stereocenters. The van der Waals surface area contributed by atoms with Crippen LogP contribution in [-0.4, -0.2) is 31.4 Å². The first-order valence-electron chi connectivity index (χ1n) is 10.6. The number of carbonyl (C=O) groups excluding carboxylic acids is 1. The Bertz CT molecular complexity index is 1170. The van der Waals surface area contributed by atoms with Crippen LogP contribution in [0.1, 0.15) is 22.3 Å². The van der Waals surface area contributed by atoms with E-state index >= 15 is 0 Å². The van der Waals surface area contributed by atoms with Gasteiger partial charge in [-0.05, 0) is 80.1 Å². The molecule has 0 saturated heterocycles. The third-order valence-electron chi connectivity index (χ3n) is 5.35. The summed E-state index contributed by atoms with van der Waals surface area (Å²) < 4.78 is 13.8. The summed E-state index contributed by atoms with van der Waals surface area (Å²) in [6, 6.07) is 20.5. The van der Waals surface area contributed by atoms with Crippen LogP contribution in [0, 0.1) is 5.82 Å². The average molecular weight is 431 g/mol. The Labute approximate surface area is 187 Å². The van der Waals surface area contributed by atoms with Crippen molar-refractivity contribution in [3.8, 4) is 0 Å². The smallest absolute Gasteiger partial charge is 0.258 e. The second-order valence-corrected chi connectivity index (χ2v) is 8.19. The number of amides is 1. The Hall–Kier alpha value is -3.48. The molecule has 0 bridgehead atoms. The summed E-state index contributed by atoms with van der Waals surface area (Å²) in [4.78, 5) is 15.1. The number of nitrogens with two attached hydrogens (primary N) is 1. The third-order valence-corrected chi connectivity index (χ3v) is 5.35. The molecule has 3 aromatic carbocycles. The van der Waals surface area contributed by atoms with Crippen LogP contribution in [0.25, 0.3) is 11.3 Å². The summed E-state index contributed by atoms with van der Waals surface area (Å²) in [5, 5.41) is 6.25. The van der Waals surface area contributed by atoms with E-state index in [0.29, 0.717) is 29.1 Å². The van der Waals surface area contributed by atoms with Crippen LogP contribution >= 0.6 is 0 Å². The Kier molecular flexibility index (Phi) is 6.35. The fourth-order valence-corrected chi connectivity index (χ4v) is 3.92. The van der Waals surface area contributed by atoms with Gasteiger partial charge in [0, 0.05) is 17.8 Å². The van der Waals surface area contributed by atoms with Crippen molar-refractivity contribution in [1.82, 2.24) is 4.90 Å². The quantitative estimate of drug-likeness (QED) is 0.488. The summed E-state index contributed by atoms with van der Waals surface area (Å²) >= 11 is 0. The van der Waals surface area contributed by atoms with E-state index < -0.39 is 0 Å². The lowest BCUT2D eigenvalue weighted by Gasteiger charge is -2.16. The van der Waals surface area contributed by atoms with Crippen molar-refractivity contribution in [2.75, 3.05) is 31.3 Å². The highest BCUT2D eigenvalue weighted by Crippen LogP contribution is 2.38. The molecule has 1 amide bonds. The largest absolute Gasteiger partial charge is 0.354 e. The lowest BCUT2D eigenvalue weighted by molar-refractivity contribution is -0.110. The van der Waals surface area contributed by atoms with Crippen molar-refractivity contribution >= 4 is 28.6 Å². The SMILES string of the molecule is CN(C)Cc1ccc(NC(=C2C(=O)Nc3cc(F)ccc32)c2cccc(CCN)c2)cc1. The van der Waals surface area contributed by atoms with Crippen LogP contribution in [-0.2, 0) is 17.8 Å². The van der Waals surface area contributed by atoms with Crippen LogP contribution in [0.15, 0.2) is 66.7 Å². The molecule has 0 fully saturated rings. The molecule has 5 nitrogen and oxygen atoms in total. The summed E-state index contributed by atoms with van der Waals surface area (Å²) in [7, 11) is 4.06. The zero-order valence-electron chi connectivity index (χ0n) is 18.3. The molecule has 0 aliphatic carbocycles. The minimum Gasteiger partial charge on any atom is -0.354 e. The number of hydrogen-bond acceptors (Lipinski definition) is 4. The number of rotatable bonds is 7. The molecule has 1 aliphatic rings. The van der Waals surface area contributed by atoms with Gasteiger partial charge >= 0.3 is 0 Å². The molecule has 0 aromatic heterocycles. The van der Waals surface area contributed by atoms with Gasteiger partial charge in [0.2, 0.25) is 0 Å². The summed E-state index contributed by atoms with van der Waals surface area (Å²) in [6.07, 6.45) is 0.740. The van der Waals surface area contributed by atoms with E-state index in [9.17, 15) is 9.18 Å². The number of hydrogen-bond donors (Lipinski definition) is 3. The molecular formula is C26H27FN4O. The number of benzene rings is 3. The Morgan fingerprint density at radius 3 is 2.53 bits per heavy atom. The second-order valence-electron chi connectivity index (χ2n) is 8.19. The first-order valence-corrected chi connectivity index (χ1v) is 10.6. The van der Waals surface area contributed by atoms with Crippen LogP contribution in [0.4, 0.5) is 15.8 Å². The monoisotopic (exact) mass is 430 g/mol. The molecule has 0 atom stereocenters. The van der Waals surface area contributed by atoms with Crippen molar-refractivity contribution in [2.45, 2.75) is 13.0 Å². The van der Waals surface area contributed by atoms with Crippen molar-refractivity contribution in [3.05, 3.63) is 94.8 Å². The van der Waals surface area contributed by atoms with Crippen LogP contribution < -0.4 is 16.4 Å². The Morgan fingerprint density at radius 1 is 1.03 bits per heavy atom. The van der Waals surface area contributed by atoms with Crippen molar-refractivity contribution in [1.29, 1.82) is 0 Å². The molecular weight excluding hydrogens is 403 g/mol. The zero-order valence-corrected chi connectivity index (χ0v) is 18.3. The number of anilines is 2. The standard InChI is InChI=1S/C26H27FN4O/c1-31(2)16-18-6-9-21(10-7-18)29-25(19-5-3-4-17(14-19)12-13-28)24-22-11-8-20(27)15-23(22)30-26(24)32/h3-11,14-15,29H,12-13,16,28H2,1-2H3,(H,30,32). The topological polar surface area (TPSA) is 70.4 Å². The Morgan fingerprint density at radius 2 is 1.81 bits per heavy atom. The number of fused-ring (bicyclic) bond motifs is 1. The van der Waals surface area contributed by atoms with Crippen molar-refractivity contribution < 1.29 is 9.18 Å². The van der Waals surface area contributed by atoms with Crippen molar-refractivity contribution in [3.63, 3.8) is 0 Å². The minimum absolute atomic E-state index is 0.262. The lowest BCUT2D eigenvalue weighted by atomic mass is 9.98. The second kappa shape index (κ2) is 9.34. The van der Waals surface area contributed by atoms with Gasteiger partial charge in [0.1, 0.15) is 5.82 Å². The summed E-state index contributed by atoms with van der Waals surface area (Å²) in [6.45, 7) is 1.38. The fourth-order valence-electron chi connectivity index (χ4n) is 3.92. The first-order chi connectivity index (χ1) is 15.4. The van der Waals surface area contributed by atoms with Crippen molar-refractivity contribution in [2.24, 2.45) is 5.73 Å². The van der Waals surface area contributed by atoms with Gasteiger partial charge in [-0.1, -0.05) is 30.3 Å². The molecule has 4 N–H and O–H groups in total. The van der Waals surface area contributed by atoms with E-state index in [1.54, 1.807) is 6.07 Å². The normalized spacial score (nSPS) is 14.3. The van der Waals surface area contributed by atoms with E-state index in [-0.39, 0.29) is 11.7 Å². The highest BCUT2D eigenvalue weighted by Gasteiger charge is 2.29. The molecule has 32 heavy (non-hydrogen) atoms. The van der Waals surface area contributed by atoms with Gasteiger partial charge in [-0.25, -0.2) is 4.39 Å². The zero-order chi connectivity index (χ0) is 22.7. The van der Waals surface area contributed by atoms with Gasteiger partial charge in [0.15, 0.2) is 0 Å². The predicted molar refractivity (Wildman–Crippen MR) is 128 cm³/mol. The maximum absolute atomic E-state index is 13.8.